The van der Waals surface area contributed by atoms with Crippen LogP contribution in [-0.2, 0) is 6.54 Å². The maximum atomic E-state index is 12.4. The van der Waals surface area contributed by atoms with Crippen molar-refractivity contribution < 1.29 is 4.79 Å². The van der Waals surface area contributed by atoms with Gasteiger partial charge in [-0.1, -0.05) is 12.1 Å². The Bertz CT molecular complexity index is 988. The van der Waals surface area contributed by atoms with E-state index in [0.29, 0.717) is 12.1 Å². The summed E-state index contributed by atoms with van der Waals surface area (Å²) in [6.07, 6.45) is 1.90. The molecule has 0 bridgehead atoms. The normalized spacial score (nSPS) is 13.0. The zero-order chi connectivity index (χ0) is 19.3. The summed E-state index contributed by atoms with van der Waals surface area (Å²) in [5, 5.41) is 13.7. The van der Waals surface area contributed by atoms with Crippen molar-refractivity contribution in [3.63, 3.8) is 0 Å². The van der Waals surface area contributed by atoms with E-state index in [4.69, 9.17) is 0 Å². The highest BCUT2D eigenvalue weighted by Crippen LogP contribution is 2.12. The van der Waals surface area contributed by atoms with Crippen molar-refractivity contribution in [2.45, 2.75) is 13.5 Å². The van der Waals surface area contributed by atoms with E-state index in [1.54, 1.807) is 4.68 Å². The third-order valence-corrected chi connectivity index (χ3v) is 4.46. The third-order valence-electron chi connectivity index (χ3n) is 4.46. The van der Waals surface area contributed by atoms with Crippen molar-refractivity contribution in [2.75, 3.05) is 18.4 Å². The van der Waals surface area contributed by atoms with Crippen molar-refractivity contribution in [2.24, 2.45) is 4.99 Å². The molecule has 1 aromatic heterocycles. The molecule has 4 rings (SSSR count). The standard InChI is InChI=1S/C21H22N6O/c1-15-10-13-27(26-15)19-8-4-17(5-9-19)20(28)24-14-16-2-6-18(7-3-16)25-21-22-11-12-23-21/h2-10,13H,11-12,14H2,1H3,(H,24,28)(H2,22,23,25). The molecule has 0 radical (unpaired) electrons. The molecule has 0 spiro atoms. The molecule has 3 N–H and O–H groups in total. The first kappa shape index (κ1) is 17.8. The quantitative estimate of drug-likeness (QED) is 0.641. The van der Waals surface area contributed by atoms with E-state index in [-0.39, 0.29) is 5.91 Å². The largest absolute Gasteiger partial charge is 0.354 e. The van der Waals surface area contributed by atoms with Gasteiger partial charge in [0, 0.05) is 30.5 Å². The Kier molecular flexibility index (Phi) is 5.05. The topological polar surface area (TPSA) is 83.3 Å². The van der Waals surface area contributed by atoms with Crippen LogP contribution in [0.25, 0.3) is 5.69 Å². The van der Waals surface area contributed by atoms with Gasteiger partial charge in [-0.2, -0.15) is 5.10 Å². The van der Waals surface area contributed by atoms with Crippen molar-refractivity contribution >= 4 is 17.6 Å². The Morgan fingerprint density at radius 2 is 1.89 bits per heavy atom. The van der Waals surface area contributed by atoms with Gasteiger partial charge in [0.15, 0.2) is 5.96 Å². The van der Waals surface area contributed by atoms with Crippen molar-refractivity contribution in [1.82, 2.24) is 20.4 Å². The van der Waals surface area contributed by atoms with E-state index in [9.17, 15) is 4.79 Å². The summed E-state index contributed by atoms with van der Waals surface area (Å²) in [6.45, 7) is 4.09. The number of benzene rings is 2. The molecule has 0 aliphatic carbocycles. The molecule has 1 aliphatic heterocycles. The lowest BCUT2D eigenvalue weighted by Gasteiger charge is -2.09. The zero-order valence-corrected chi connectivity index (χ0v) is 15.6. The second kappa shape index (κ2) is 7.96. The molecular formula is C21H22N6O. The minimum atomic E-state index is -0.102. The lowest BCUT2D eigenvalue weighted by atomic mass is 10.1. The molecule has 0 fully saturated rings. The van der Waals surface area contributed by atoms with Gasteiger partial charge in [0.2, 0.25) is 0 Å². The molecular weight excluding hydrogens is 352 g/mol. The number of guanidine groups is 1. The lowest BCUT2D eigenvalue weighted by Crippen LogP contribution is -2.26. The number of nitrogens with one attached hydrogen (secondary N) is 3. The van der Waals surface area contributed by atoms with E-state index in [2.05, 4.69) is 26.0 Å². The fourth-order valence-corrected chi connectivity index (χ4v) is 2.93. The minimum Gasteiger partial charge on any atom is -0.354 e. The SMILES string of the molecule is Cc1ccn(-c2ccc(C(=O)NCc3ccc(NC4=NCCN4)cc3)cc2)n1. The highest BCUT2D eigenvalue weighted by atomic mass is 16.1. The first-order chi connectivity index (χ1) is 13.7. The predicted octanol–water partition coefficient (Wildman–Crippen LogP) is 2.48. The van der Waals surface area contributed by atoms with Gasteiger partial charge in [0.25, 0.3) is 5.91 Å². The fraction of sp³-hybridized carbons (Fsp3) is 0.190. The number of aromatic nitrogens is 2. The smallest absolute Gasteiger partial charge is 0.251 e. The molecule has 142 valence electrons. The summed E-state index contributed by atoms with van der Waals surface area (Å²) in [7, 11) is 0. The van der Waals surface area contributed by atoms with E-state index in [0.717, 1.165) is 41.7 Å². The molecule has 0 saturated heterocycles. The number of anilines is 1. The Labute approximate surface area is 163 Å². The summed E-state index contributed by atoms with van der Waals surface area (Å²) in [6, 6.07) is 17.3. The molecule has 7 heteroatoms. The molecule has 7 nitrogen and oxygen atoms in total. The molecule has 1 amide bonds. The molecule has 1 aliphatic rings. The van der Waals surface area contributed by atoms with Crippen molar-refractivity contribution in [3.05, 3.63) is 77.6 Å². The first-order valence-electron chi connectivity index (χ1n) is 9.22. The van der Waals surface area contributed by atoms with Gasteiger partial charge >= 0.3 is 0 Å². The highest BCUT2D eigenvalue weighted by Gasteiger charge is 2.07. The fourth-order valence-electron chi connectivity index (χ4n) is 2.93. The van der Waals surface area contributed by atoms with Crippen molar-refractivity contribution in [1.29, 1.82) is 0 Å². The van der Waals surface area contributed by atoms with Crippen LogP contribution in [0.15, 0.2) is 65.8 Å². The van der Waals surface area contributed by atoms with E-state index >= 15 is 0 Å². The van der Waals surface area contributed by atoms with Gasteiger partial charge < -0.3 is 16.0 Å². The Morgan fingerprint density at radius 3 is 2.54 bits per heavy atom. The number of nitrogens with zero attached hydrogens (tertiary/aromatic N) is 3. The van der Waals surface area contributed by atoms with E-state index in [1.165, 1.54) is 0 Å². The maximum Gasteiger partial charge on any atom is 0.251 e. The van der Waals surface area contributed by atoms with Crippen LogP contribution in [0, 0.1) is 6.92 Å². The summed E-state index contributed by atoms with van der Waals surface area (Å²) >= 11 is 0. The number of aliphatic imine (C=N–C) groups is 1. The van der Waals surface area contributed by atoms with Crippen LogP contribution in [0.1, 0.15) is 21.6 Å². The average Bonchev–Trinajstić information content (AvgIpc) is 3.39. The number of amides is 1. The van der Waals surface area contributed by atoms with Gasteiger partial charge in [0.1, 0.15) is 0 Å². The van der Waals surface area contributed by atoms with Crippen LogP contribution in [0.3, 0.4) is 0 Å². The minimum absolute atomic E-state index is 0.102. The number of carbonyl (C=O) groups is 1. The van der Waals surface area contributed by atoms with Crippen molar-refractivity contribution in [3.8, 4) is 5.69 Å². The molecule has 0 saturated carbocycles. The first-order valence-corrected chi connectivity index (χ1v) is 9.22. The molecule has 2 heterocycles. The van der Waals surface area contributed by atoms with Crippen LogP contribution in [0.2, 0.25) is 0 Å². The lowest BCUT2D eigenvalue weighted by molar-refractivity contribution is 0.0951. The van der Waals surface area contributed by atoms with Gasteiger partial charge in [-0.05, 0) is 55.0 Å². The molecule has 2 aromatic carbocycles. The number of hydrogen-bond acceptors (Lipinski definition) is 5. The third kappa shape index (κ3) is 4.20. The second-order valence-electron chi connectivity index (χ2n) is 6.61. The summed E-state index contributed by atoms with van der Waals surface area (Å²) in [5.74, 6) is 0.699. The predicted molar refractivity (Wildman–Crippen MR) is 110 cm³/mol. The zero-order valence-electron chi connectivity index (χ0n) is 15.6. The monoisotopic (exact) mass is 374 g/mol. The number of rotatable bonds is 5. The van der Waals surface area contributed by atoms with Crippen LogP contribution < -0.4 is 16.0 Å². The second-order valence-corrected chi connectivity index (χ2v) is 6.61. The Balaban J connectivity index is 1.32. The number of hydrogen-bond donors (Lipinski definition) is 3. The van der Waals surface area contributed by atoms with Gasteiger partial charge in [-0.25, -0.2) is 4.68 Å². The van der Waals surface area contributed by atoms with Gasteiger partial charge in [-0.15, -0.1) is 0 Å². The van der Waals surface area contributed by atoms with Crippen LogP contribution >= 0.6 is 0 Å². The summed E-state index contributed by atoms with van der Waals surface area (Å²) in [4.78, 5) is 16.7. The molecule has 0 atom stereocenters. The average molecular weight is 374 g/mol. The molecule has 0 unspecified atom stereocenters. The van der Waals surface area contributed by atoms with Crippen LogP contribution in [-0.4, -0.2) is 34.7 Å². The van der Waals surface area contributed by atoms with Gasteiger partial charge in [0.05, 0.1) is 17.9 Å². The Morgan fingerprint density at radius 1 is 1.11 bits per heavy atom. The number of carbonyl (C=O) groups excluding carboxylic acids is 1. The molecule has 28 heavy (non-hydrogen) atoms. The Hall–Kier alpha value is -3.61. The van der Waals surface area contributed by atoms with Crippen LogP contribution in [0.4, 0.5) is 5.69 Å². The maximum absolute atomic E-state index is 12.4. The summed E-state index contributed by atoms with van der Waals surface area (Å²) in [5.41, 5.74) is 4.50. The van der Waals surface area contributed by atoms with Crippen LogP contribution in [0.5, 0.6) is 0 Å². The summed E-state index contributed by atoms with van der Waals surface area (Å²) < 4.78 is 1.79. The van der Waals surface area contributed by atoms with E-state index < -0.39 is 0 Å². The van der Waals surface area contributed by atoms with E-state index in [1.807, 2.05) is 67.7 Å². The van der Waals surface area contributed by atoms with Gasteiger partial charge in [-0.3, -0.25) is 9.79 Å². The molecule has 3 aromatic rings. The highest BCUT2D eigenvalue weighted by molar-refractivity contribution is 5.95. The number of aryl methyl sites for hydroxylation is 1.